The fraction of sp³-hybridized carbons (Fsp3) is 0.474. The van der Waals surface area contributed by atoms with E-state index in [1.54, 1.807) is 4.88 Å². The van der Waals surface area contributed by atoms with Gasteiger partial charge in [0.25, 0.3) is 0 Å². The number of fused-ring (bicyclic) bond motifs is 2. The number of carbonyl (C=O) groups is 1. The Balaban J connectivity index is 1.20. The molecule has 0 aliphatic carbocycles. The molecular weight excluding hydrogens is 348 g/mol. The van der Waals surface area contributed by atoms with Crippen LogP contribution in [0.3, 0.4) is 0 Å². The topological polar surface area (TPSA) is 66.5 Å². The van der Waals surface area contributed by atoms with E-state index in [1.165, 1.54) is 12.0 Å². The highest BCUT2D eigenvalue weighted by atomic mass is 32.1. The molecular formula is C19H24N4O2S. The van der Waals surface area contributed by atoms with Gasteiger partial charge >= 0.3 is 6.03 Å². The van der Waals surface area contributed by atoms with Gasteiger partial charge in [-0.25, -0.2) is 4.79 Å². The Hall–Kier alpha value is -2.12. The fourth-order valence-electron chi connectivity index (χ4n) is 3.43. The van der Waals surface area contributed by atoms with Gasteiger partial charge in [0.15, 0.2) is 0 Å². The molecule has 4 heterocycles. The minimum atomic E-state index is -0.205. The average Bonchev–Trinajstić information content (AvgIpc) is 3.02. The Morgan fingerprint density at radius 2 is 2.15 bits per heavy atom. The van der Waals surface area contributed by atoms with E-state index in [1.807, 2.05) is 23.5 Å². The van der Waals surface area contributed by atoms with Crippen LogP contribution in [0.2, 0.25) is 0 Å². The summed E-state index contributed by atoms with van der Waals surface area (Å²) in [6.07, 6.45) is 4.08. The molecule has 138 valence electrons. The van der Waals surface area contributed by atoms with Gasteiger partial charge < -0.3 is 10.1 Å². The molecule has 0 atom stereocenters. The molecule has 0 saturated heterocycles. The maximum Gasteiger partial charge on any atom is 0.320 e. The van der Waals surface area contributed by atoms with Crippen molar-refractivity contribution in [1.82, 2.24) is 15.2 Å². The third-order valence-electron chi connectivity index (χ3n) is 4.87. The summed E-state index contributed by atoms with van der Waals surface area (Å²) >= 11 is 1.88. The van der Waals surface area contributed by atoms with E-state index in [4.69, 9.17) is 4.74 Å². The third-order valence-corrected chi connectivity index (χ3v) is 5.89. The van der Waals surface area contributed by atoms with Crippen LogP contribution in [0.1, 0.15) is 28.8 Å². The first-order valence-electron chi connectivity index (χ1n) is 9.23. The van der Waals surface area contributed by atoms with Crippen LogP contribution in [0.25, 0.3) is 0 Å². The lowest BCUT2D eigenvalue weighted by Gasteiger charge is -2.26. The SMILES string of the molecule is O=C1NCCc2ccc(OCCCCN3CCc4sccc4C3)nc2N1. The standard InChI is InChI=1S/C19H24N4O2S/c24-19-20-8-5-14-3-4-17(21-18(14)22-19)25-11-2-1-9-23-10-6-16-15(13-23)7-12-26-16/h3-4,7,12H,1-2,5-6,8-11,13H2,(H2,20,21,22,24). The van der Waals surface area contributed by atoms with E-state index in [9.17, 15) is 4.79 Å². The van der Waals surface area contributed by atoms with E-state index < -0.39 is 0 Å². The summed E-state index contributed by atoms with van der Waals surface area (Å²) in [5, 5.41) is 7.74. The molecule has 2 amide bonds. The first-order chi connectivity index (χ1) is 12.8. The van der Waals surface area contributed by atoms with Gasteiger partial charge in [-0.2, -0.15) is 4.98 Å². The molecule has 0 saturated carbocycles. The molecule has 2 aliphatic heterocycles. The number of ether oxygens (including phenoxy) is 1. The van der Waals surface area contributed by atoms with E-state index in [-0.39, 0.29) is 6.03 Å². The molecule has 0 bridgehead atoms. The number of rotatable bonds is 6. The highest BCUT2D eigenvalue weighted by Gasteiger charge is 2.16. The zero-order valence-corrected chi connectivity index (χ0v) is 15.6. The third kappa shape index (κ3) is 4.16. The molecule has 7 heteroatoms. The number of hydrogen-bond donors (Lipinski definition) is 2. The second-order valence-electron chi connectivity index (χ2n) is 6.74. The molecule has 0 aromatic carbocycles. The van der Waals surface area contributed by atoms with E-state index in [0.29, 0.717) is 24.8 Å². The normalized spacial score (nSPS) is 16.8. The van der Waals surface area contributed by atoms with Crippen molar-refractivity contribution in [2.45, 2.75) is 32.2 Å². The number of unbranched alkanes of at least 4 members (excludes halogenated alkanes) is 1. The molecule has 2 aromatic heterocycles. The van der Waals surface area contributed by atoms with Crippen LogP contribution in [0.4, 0.5) is 10.6 Å². The number of nitrogens with one attached hydrogen (secondary N) is 2. The summed E-state index contributed by atoms with van der Waals surface area (Å²) in [5.41, 5.74) is 2.54. The lowest BCUT2D eigenvalue weighted by atomic mass is 10.1. The molecule has 0 fully saturated rings. The van der Waals surface area contributed by atoms with Crippen molar-refractivity contribution in [1.29, 1.82) is 0 Å². The van der Waals surface area contributed by atoms with Crippen molar-refractivity contribution >= 4 is 23.2 Å². The van der Waals surface area contributed by atoms with Crippen LogP contribution >= 0.6 is 11.3 Å². The van der Waals surface area contributed by atoms with Crippen molar-refractivity contribution in [2.75, 3.05) is 31.6 Å². The zero-order valence-electron chi connectivity index (χ0n) is 14.8. The van der Waals surface area contributed by atoms with Crippen molar-refractivity contribution in [3.05, 3.63) is 39.6 Å². The highest BCUT2D eigenvalue weighted by Crippen LogP contribution is 2.24. The minimum Gasteiger partial charge on any atom is -0.478 e. The van der Waals surface area contributed by atoms with Crippen LogP contribution in [-0.2, 0) is 19.4 Å². The van der Waals surface area contributed by atoms with Gasteiger partial charge in [-0.05, 0) is 60.9 Å². The number of aromatic nitrogens is 1. The van der Waals surface area contributed by atoms with Gasteiger partial charge in [0.1, 0.15) is 5.82 Å². The van der Waals surface area contributed by atoms with Crippen molar-refractivity contribution < 1.29 is 9.53 Å². The van der Waals surface area contributed by atoms with Gasteiger partial charge in [0.05, 0.1) is 6.61 Å². The Labute approximate surface area is 157 Å². The monoisotopic (exact) mass is 372 g/mol. The number of hydrogen-bond acceptors (Lipinski definition) is 5. The quantitative estimate of drug-likeness (QED) is 0.765. The number of urea groups is 1. The van der Waals surface area contributed by atoms with Gasteiger partial charge in [-0.1, -0.05) is 0 Å². The maximum absolute atomic E-state index is 11.6. The molecule has 6 nitrogen and oxygen atoms in total. The number of amides is 2. The molecule has 2 aromatic rings. The van der Waals surface area contributed by atoms with Crippen molar-refractivity contribution in [3.63, 3.8) is 0 Å². The molecule has 4 rings (SSSR count). The first-order valence-corrected chi connectivity index (χ1v) is 10.1. The first kappa shape index (κ1) is 17.3. The van der Waals surface area contributed by atoms with Crippen molar-refractivity contribution in [3.8, 4) is 5.88 Å². The Morgan fingerprint density at radius 3 is 3.12 bits per heavy atom. The Kier molecular flexibility index (Phi) is 5.36. The number of thiophene rings is 1. The molecule has 0 unspecified atom stereocenters. The number of carbonyl (C=O) groups excluding carboxylic acids is 1. The second-order valence-corrected chi connectivity index (χ2v) is 7.74. The smallest absolute Gasteiger partial charge is 0.320 e. The molecule has 0 spiro atoms. The molecule has 2 aliphatic rings. The lowest BCUT2D eigenvalue weighted by Crippen LogP contribution is -2.30. The summed E-state index contributed by atoms with van der Waals surface area (Å²) in [7, 11) is 0. The summed E-state index contributed by atoms with van der Waals surface area (Å²) in [6, 6.07) is 5.92. The lowest BCUT2D eigenvalue weighted by molar-refractivity contribution is 0.234. The number of pyridine rings is 1. The second kappa shape index (κ2) is 8.05. The molecule has 0 radical (unpaired) electrons. The fourth-order valence-corrected chi connectivity index (χ4v) is 4.32. The van der Waals surface area contributed by atoms with Crippen LogP contribution in [-0.4, -0.2) is 42.2 Å². The van der Waals surface area contributed by atoms with Crippen LogP contribution in [0.5, 0.6) is 5.88 Å². The van der Waals surface area contributed by atoms with E-state index >= 15 is 0 Å². The van der Waals surface area contributed by atoms with Crippen molar-refractivity contribution in [2.24, 2.45) is 0 Å². The van der Waals surface area contributed by atoms with Crippen LogP contribution in [0, 0.1) is 0 Å². The van der Waals surface area contributed by atoms with Gasteiger partial charge in [0.2, 0.25) is 5.88 Å². The summed E-state index contributed by atoms with van der Waals surface area (Å²) in [6.45, 7) is 4.63. The van der Waals surface area contributed by atoms with Gasteiger partial charge in [-0.15, -0.1) is 11.3 Å². The zero-order chi connectivity index (χ0) is 17.8. The van der Waals surface area contributed by atoms with Crippen LogP contribution < -0.4 is 15.4 Å². The largest absolute Gasteiger partial charge is 0.478 e. The maximum atomic E-state index is 11.6. The van der Waals surface area contributed by atoms with Gasteiger partial charge in [-0.3, -0.25) is 10.2 Å². The number of anilines is 1. The van der Waals surface area contributed by atoms with Gasteiger partial charge in [0, 0.05) is 30.6 Å². The predicted molar refractivity (Wildman–Crippen MR) is 103 cm³/mol. The number of nitrogens with zero attached hydrogens (tertiary/aromatic N) is 2. The Bertz CT molecular complexity index is 777. The van der Waals surface area contributed by atoms with E-state index in [2.05, 4.69) is 32.0 Å². The summed E-state index contributed by atoms with van der Waals surface area (Å²) < 4.78 is 5.78. The average molecular weight is 372 g/mol. The molecule has 26 heavy (non-hydrogen) atoms. The highest BCUT2D eigenvalue weighted by molar-refractivity contribution is 7.10. The summed E-state index contributed by atoms with van der Waals surface area (Å²) in [4.78, 5) is 20.1. The predicted octanol–water partition coefficient (Wildman–Crippen LogP) is 3.04. The minimum absolute atomic E-state index is 0.205. The van der Waals surface area contributed by atoms with Crippen LogP contribution in [0.15, 0.2) is 23.6 Å². The molecule has 2 N–H and O–H groups in total. The van der Waals surface area contributed by atoms with E-state index in [0.717, 1.165) is 44.5 Å². The Morgan fingerprint density at radius 1 is 1.19 bits per heavy atom. The summed E-state index contributed by atoms with van der Waals surface area (Å²) in [5.74, 6) is 1.18.